The minimum atomic E-state index is -0.280. The van der Waals surface area contributed by atoms with E-state index in [2.05, 4.69) is 0 Å². The van der Waals surface area contributed by atoms with Crippen molar-refractivity contribution in [2.45, 2.75) is 6.04 Å². The number of halogens is 1. The van der Waals surface area contributed by atoms with E-state index >= 15 is 0 Å². The Balaban J connectivity index is 2.50. The number of hydrogen-bond donors (Lipinski definition) is 1. The Hall–Kier alpha value is -1.09. The second kappa shape index (κ2) is 2.20. The maximum absolute atomic E-state index is 12.6. The van der Waals surface area contributed by atoms with Gasteiger partial charge in [0.2, 0.25) is 0 Å². The zero-order valence-electron chi connectivity index (χ0n) is 5.88. The highest BCUT2D eigenvalue weighted by Crippen LogP contribution is 2.30. The molecule has 1 aromatic carbocycles. The van der Waals surface area contributed by atoms with E-state index in [9.17, 15) is 4.39 Å². The van der Waals surface area contributed by atoms with Crippen LogP contribution in [-0.2, 0) is 0 Å². The molecule has 1 heterocycles. The van der Waals surface area contributed by atoms with Crippen LogP contribution in [-0.4, -0.2) is 6.61 Å². The van der Waals surface area contributed by atoms with Crippen LogP contribution in [0.1, 0.15) is 11.6 Å². The van der Waals surface area contributed by atoms with Crippen molar-refractivity contribution >= 4 is 0 Å². The summed E-state index contributed by atoms with van der Waals surface area (Å²) in [5.74, 6) is 0.301. The van der Waals surface area contributed by atoms with Crippen molar-refractivity contribution in [2.75, 3.05) is 6.61 Å². The van der Waals surface area contributed by atoms with Gasteiger partial charge in [-0.15, -0.1) is 0 Å². The SMILES string of the molecule is NC1COc2cc(F)ccc21. The first kappa shape index (κ1) is 6.61. The summed E-state index contributed by atoms with van der Waals surface area (Å²) in [6, 6.07) is 4.34. The van der Waals surface area contributed by atoms with E-state index in [0.29, 0.717) is 12.4 Å². The lowest BCUT2D eigenvalue weighted by atomic mass is 10.1. The van der Waals surface area contributed by atoms with Gasteiger partial charge in [0.25, 0.3) is 0 Å². The third kappa shape index (κ3) is 0.973. The fourth-order valence-electron chi connectivity index (χ4n) is 1.21. The lowest BCUT2D eigenvalue weighted by molar-refractivity contribution is 0.332. The van der Waals surface area contributed by atoms with Gasteiger partial charge in [0.1, 0.15) is 18.2 Å². The van der Waals surface area contributed by atoms with E-state index in [4.69, 9.17) is 10.5 Å². The molecule has 0 amide bonds. The molecule has 3 heteroatoms. The van der Waals surface area contributed by atoms with Gasteiger partial charge in [-0.05, 0) is 6.07 Å². The molecule has 0 aromatic heterocycles. The topological polar surface area (TPSA) is 35.2 Å². The van der Waals surface area contributed by atoms with Crippen molar-refractivity contribution < 1.29 is 9.13 Å². The molecular formula is C8H8FNO. The highest BCUT2D eigenvalue weighted by Gasteiger charge is 2.20. The first-order chi connectivity index (χ1) is 5.27. The Kier molecular flexibility index (Phi) is 1.32. The van der Waals surface area contributed by atoms with Crippen molar-refractivity contribution in [2.24, 2.45) is 5.73 Å². The van der Waals surface area contributed by atoms with E-state index in [-0.39, 0.29) is 11.9 Å². The summed E-state index contributed by atoms with van der Waals surface area (Å²) < 4.78 is 17.7. The molecule has 1 aliphatic heterocycles. The molecule has 0 saturated heterocycles. The second-order valence-corrected chi connectivity index (χ2v) is 2.60. The van der Waals surface area contributed by atoms with Crippen molar-refractivity contribution in [3.63, 3.8) is 0 Å². The molecule has 2 rings (SSSR count). The van der Waals surface area contributed by atoms with Crippen LogP contribution in [0.3, 0.4) is 0 Å². The Bertz CT molecular complexity index is 287. The summed E-state index contributed by atoms with van der Waals surface area (Å²) in [4.78, 5) is 0. The molecule has 2 nitrogen and oxygen atoms in total. The van der Waals surface area contributed by atoms with Crippen molar-refractivity contribution in [3.05, 3.63) is 29.6 Å². The lowest BCUT2D eigenvalue weighted by Crippen LogP contribution is -2.10. The average molecular weight is 153 g/mol. The molecule has 1 atom stereocenters. The van der Waals surface area contributed by atoms with Gasteiger partial charge in [-0.1, -0.05) is 6.07 Å². The summed E-state index contributed by atoms with van der Waals surface area (Å²) in [5.41, 5.74) is 6.54. The first-order valence-electron chi connectivity index (χ1n) is 3.45. The van der Waals surface area contributed by atoms with Crippen LogP contribution in [0.2, 0.25) is 0 Å². The predicted octanol–water partition coefficient (Wildman–Crippen LogP) is 1.22. The van der Waals surface area contributed by atoms with Crippen LogP contribution >= 0.6 is 0 Å². The Labute approximate surface area is 63.8 Å². The van der Waals surface area contributed by atoms with E-state index in [1.54, 1.807) is 6.07 Å². The molecular weight excluding hydrogens is 145 g/mol. The highest BCUT2D eigenvalue weighted by molar-refractivity contribution is 5.39. The van der Waals surface area contributed by atoms with Gasteiger partial charge in [0, 0.05) is 11.6 Å². The van der Waals surface area contributed by atoms with Gasteiger partial charge in [0.05, 0.1) is 6.04 Å². The molecule has 11 heavy (non-hydrogen) atoms. The van der Waals surface area contributed by atoms with Crippen molar-refractivity contribution in [1.82, 2.24) is 0 Å². The van der Waals surface area contributed by atoms with Gasteiger partial charge < -0.3 is 10.5 Å². The molecule has 0 saturated carbocycles. The molecule has 0 bridgehead atoms. The van der Waals surface area contributed by atoms with Crippen LogP contribution < -0.4 is 10.5 Å². The standard InChI is InChI=1S/C8H8FNO/c9-5-1-2-6-7(10)4-11-8(6)3-5/h1-3,7H,4,10H2. The minimum Gasteiger partial charge on any atom is -0.491 e. The first-order valence-corrected chi connectivity index (χ1v) is 3.45. The van der Waals surface area contributed by atoms with Gasteiger partial charge in [-0.2, -0.15) is 0 Å². The molecule has 0 spiro atoms. The highest BCUT2D eigenvalue weighted by atomic mass is 19.1. The molecule has 0 radical (unpaired) electrons. The normalized spacial score (nSPS) is 21.1. The third-order valence-electron chi connectivity index (χ3n) is 1.79. The minimum absolute atomic E-state index is 0.0920. The Morgan fingerprint density at radius 1 is 1.55 bits per heavy atom. The van der Waals surface area contributed by atoms with Crippen molar-refractivity contribution in [1.29, 1.82) is 0 Å². The van der Waals surface area contributed by atoms with Crippen LogP contribution in [0, 0.1) is 5.82 Å². The molecule has 0 fully saturated rings. The number of ether oxygens (including phenoxy) is 1. The van der Waals surface area contributed by atoms with E-state index in [0.717, 1.165) is 5.56 Å². The maximum atomic E-state index is 12.6. The Morgan fingerprint density at radius 3 is 3.18 bits per heavy atom. The van der Waals surface area contributed by atoms with E-state index in [1.165, 1.54) is 12.1 Å². The van der Waals surface area contributed by atoms with Crippen molar-refractivity contribution in [3.8, 4) is 5.75 Å². The van der Waals surface area contributed by atoms with Gasteiger partial charge in [-0.3, -0.25) is 0 Å². The average Bonchev–Trinajstić information content (AvgIpc) is 2.32. The van der Waals surface area contributed by atoms with Gasteiger partial charge >= 0.3 is 0 Å². The summed E-state index contributed by atoms with van der Waals surface area (Å²) in [7, 11) is 0. The third-order valence-corrected chi connectivity index (χ3v) is 1.79. The fraction of sp³-hybridized carbons (Fsp3) is 0.250. The number of fused-ring (bicyclic) bond motifs is 1. The van der Waals surface area contributed by atoms with Gasteiger partial charge in [0.15, 0.2) is 0 Å². The van der Waals surface area contributed by atoms with Crippen LogP contribution in [0.5, 0.6) is 5.75 Å². The quantitative estimate of drug-likeness (QED) is 0.608. The molecule has 2 N–H and O–H groups in total. The smallest absolute Gasteiger partial charge is 0.127 e. The van der Waals surface area contributed by atoms with Crippen LogP contribution in [0.15, 0.2) is 18.2 Å². The number of hydrogen-bond acceptors (Lipinski definition) is 2. The number of rotatable bonds is 0. The van der Waals surface area contributed by atoms with Crippen LogP contribution in [0.4, 0.5) is 4.39 Å². The Morgan fingerprint density at radius 2 is 2.36 bits per heavy atom. The lowest BCUT2D eigenvalue weighted by Gasteiger charge is -1.98. The monoisotopic (exact) mass is 153 g/mol. The predicted molar refractivity (Wildman–Crippen MR) is 38.8 cm³/mol. The fourth-order valence-corrected chi connectivity index (χ4v) is 1.21. The molecule has 0 aliphatic carbocycles. The maximum Gasteiger partial charge on any atom is 0.127 e. The van der Waals surface area contributed by atoms with E-state index < -0.39 is 0 Å². The zero-order valence-corrected chi connectivity index (χ0v) is 5.88. The number of benzene rings is 1. The summed E-state index contributed by atoms with van der Waals surface area (Å²) in [6.07, 6.45) is 0. The zero-order chi connectivity index (χ0) is 7.84. The molecule has 1 aromatic rings. The largest absolute Gasteiger partial charge is 0.491 e. The molecule has 58 valence electrons. The second-order valence-electron chi connectivity index (χ2n) is 2.60. The van der Waals surface area contributed by atoms with Gasteiger partial charge in [-0.25, -0.2) is 4.39 Å². The molecule has 1 aliphatic rings. The summed E-state index contributed by atoms with van der Waals surface area (Å²) >= 11 is 0. The number of nitrogens with two attached hydrogens (primary N) is 1. The van der Waals surface area contributed by atoms with Crippen LogP contribution in [0.25, 0.3) is 0 Å². The molecule has 1 unspecified atom stereocenters. The van der Waals surface area contributed by atoms with E-state index in [1.807, 2.05) is 0 Å². The summed E-state index contributed by atoms with van der Waals surface area (Å²) in [5, 5.41) is 0. The summed E-state index contributed by atoms with van der Waals surface area (Å²) in [6.45, 7) is 0.457.